The molecule has 0 aliphatic carbocycles. The fourth-order valence-corrected chi connectivity index (χ4v) is 3.04. The topological polar surface area (TPSA) is 22.0 Å². The second-order valence-corrected chi connectivity index (χ2v) is 5.58. The molecule has 3 aromatic carbocycles. The lowest BCUT2D eigenvalue weighted by atomic mass is 10.1. The lowest BCUT2D eigenvalue weighted by molar-refractivity contribution is 0.629. The Hall–Kier alpha value is -2.94. The van der Waals surface area contributed by atoms with Crippen LogP contribution in [-0.2, 0) is 6.54 Å². The van der Waals surface area contributed by atoms with Gasteiger partial charge in [-0.3, -0.25) is 4.79 Å². The largest absolute Gasteiger partial charge is 0.303 e. The zero-order valence-electron chi connectivity index (χ0n) is 12.4. The number of benzene rings is 3. The second-order valence-electron chi connectivity index (χ2n) is 5.58. The summed E-state index contributed by atoms with van der Waals surface area (Å²) in [5.74, 6) is -0.392. The Morgan fingerprint density at radius 3 is 2.35 bits per heavy atom. The maximum atomic E-state index is 13.6. The van der Waals surface area contributed by atoms with E-state index >= 15 is 0 Å². The van der Waals surface area contributed by atoms with Gasteiger partial charge in [0.05, 0.1) is 17.4 Å². The van der Waals surface area contributed by atoms with Gasteiger partial charge in [0.1, 0.15) is 5.82 Å². The molecular weight excluding hydrogens is 289 g/mol. The summed E-state index contributed by atoms with van der Waals surface area (Å²) in [5, 5.41) is 2.16. The number of hydrogen-bond donors (Lipinski definition) is 0. The molecule has 112 valence electrons. The molecule has 0 spiro atoms. The average molecular weight is 303 g/mol. The monoisotopic (exact) mass is 303 g/mol. The van der Waals surface area contributed by atoms with E-state index in [1.54, 1.807) is 10.6 Å². The second kappa shape index (κ2) is 5.36. The van der Waals surface area contributed by atoms with Crippen LogP contribution in [0, 0.1) is 5.82 Å². The van der Waals surface area contributed by atoms with Crippen molar-refractivity contribution in [1.29, 1.82) is 0 Å². The number of rotatable bonds is 2. The molecule has 0 saturated heterocycles. The first-order valence-electron chi connectivity index (χ1n) is 7.49. The maximum absolute atomic E-state index is 13.6. The number of hydrogen-bond acceptors (Lipinski definition) is 1. The Balaban J connectivity index is 2.08. The van der Waals surface area contributed by atoms with Crippen molar-refractivity contribution < 1.29 is 4.39 Å². The minimum absolute atomic E-state index is 0.165. The van der Waals surface area contributed by atoms with E-state index in [1.165, 1.54) is 12.1 Å². The lowest BCUT2D eigenvalue weighted by Gasteiger charge is -2.13. The van der Waals surface area contributed by atoms with Gasteiger partial charge in [0.2, 0.25) is 0 Å². The first-order chi connectivity index (χ1) is 11.2. The number of aromatic nitrogens is 1. The van der Waals surface area contributed by atoms with Crippen molar-refractivity contribution in [1.82, 2.24) is 4.57 Å². The van der Waals surface area contributed by atoms with E-state index in [0.717, 1.165) is 21.9 Å². The first kappa shape index (κ1) is 13.7. The smallest absolute Gasteiger partial charge is 0.259 e. The Bertz CT molecular complexity index is 1070. The highest BCUT2D eigenvalue weighted by atomic mass is 19.1. The Morgan fingerprint density at radius 2 is 1.52 bits per heavy atom. The first-order valence-corrected chi connectivity index (χ1v) is 7.49. The molecule has 0 unspecified atom stereocenters. The van der Waals surface area contributed by atoms with E-state index in [2.05, 4.69) is 0 Å². The van der Waals surface area contributed by atoms with E-state index in [-0.39, 0.29) is 5.56 Å². The van der Waals surface area contributed by atoms with Crippen LogP contribution < -0.4 is 5.56 Å². The minimum Gasteiger partial charge on any atom is -0.303 e. The van der Waals surface area contributed by atoms with Gasteiger partial charge in [0, 0.05) is 5.39 Å². The predicted molar refractivity (Wildman–Crippen MR) is 91.2 cm³/mol. The van der Waals surface area contributed by atoms with Gasteiger partial charge >= 0.3 is 0 Å². The highest BCUT2D eigenvalue weighted by molar-refractivity contribution is 6.05. The third kappa shape index (κ3) is 2.30. The van der Waals surface area contributed by atoms with Gasteiger partial charge < -0.3 is 4.57 Å². The fourth-order valence-electron chi connectivity index (χ4n) is 3.04. The van der Waals surface area contributed by atoms with Crippen LogP contribution in [0.3, 0.4) is 0 Å². The van der Waals surface area contributed by atoms with E-state index in [1.807, 2.05) is 54.6 Å². The van der Waals surface area contributed by atoms with Gasteiger partial charge in [-0.25, -0.2) is 4.39 Å². The van der Waals surface area contributed by atoms with E-state index < -0.39 is 5.82 Å². The molecule has 0 fully saturated rings. The third-order valence-electron chi connectivity index (χ3n) is 4.13. The van der Waals surface area contributed by atoms with Crippen LogP contribution in [-0.4, -0.2) is 4.57 Å². The van der Waals surface area contributed by atoms with Gasteiger partial charge in [-0.15, -0.1) is 0 Å². The summed E-state index contributed by atoms with van der Waals surface area (Å²) >= 11 is 0. The number of halogens is 1. The van der Waals surface area contributed by atoms with Crippen molar-refractivity contribution in [2.24, 2.45) is 0 Å². The molecule has 3 heteroatoms. The highest BCUT2D eigenvalue weighted by Gasteiger charge is 2.11. The molecule has 2 nitrogen and oxygen atoms in total. The number of fused-ring (bicyclic) bond motifs is 3. The van der Waals surface area contributed by atoms with Crippen LogP contribution in [0.5, 0.6) is 0 Å². The summed E-state index contributed by atoms with van der Waals surface area (Å²) in [6, 6.07) is 22.0. The van der Waals surface area contributed by atoms with E-state index in [0.29, 0.717) is 11.9 Å². The summed E-state index contributed by atoms with van der Waals surface area (Å²) in [7, 11) is 0. The van der Waals surface area contributed by atoms with Gasteiger partial charge in [-0.1, -0.05) is 54.6 Å². The molecule has 0 aliphatic rings. The van der Waals surface area contributed by atoms with Crippen LogP contribution in [0.15, 0.2) is 77.6 Å². The molecule has 0 atom stereocenters. The molecule has 0 N–H and O–H groups in total. The number of nitrogens with zero attached hydrogens (tertiary/aromatic N) is 1. The molecular formula is C20H14FNO. The SMILES string of the molecule is O=c1c2cc(F)ccc2c2ccccc2n1Cc1ccccc1. The molecule has 4 aromatic rings. The molecule has 1 aromatic heterocycles. The lowest BCUT2D eigenvalue weighted by Crippen LogP contribution is -2.21. The van der Waals surface area contributed by atoms with Crippen molar-refractivity contribution in [3.63, 3.8) is 0 Å². The summed E-state index contributed by atoms with van der Waals surface area (Å²) in [6.45, 7) is 0.465. The Labute approximate surface area is 132 Å². The standard InChI is InChI=1S/C20H14FNO/c21-15-10-11-16-17-8-4-5-9-19(17)22(20(23)18(16)12-15)13-14-6-2-1-3-7-14/h1-12H,13H2. The normalized spacial score (nSPS) is 11.2. The molecule has 0 aliphatic heterocycles. The third-order valence-corrected chi connectivity index (χ3v) is 4.13. The van der Waals surface area contributed by atoms with E-state index in [9.17, 15) is 9.18 Å². The van der Waals surface area contributed by atoms with Crippen LogP contribution in [0.25, 0.3) is 21.7 Å². The molecule has 23 heavy (non-hydrogen) atoms. The maximum Gasteiger partial charge on any atom is 0.259 e. The Kier molecular flexibility index (Phi) is 3.19. The van der Waals surface area contributed by atoms with Crippen molar-refractivity contribution in [2.75, 3.05) is 0 Å². The van der Waals surface area contributed by atoms with Gasteiger partial charge in [0.25, 0.3) is 5.56 Å². The molecule has 0 radical (unpaired) electrons. The zero-order valence-corrected chi connectivity index (χ0v) is 12.4. The molecule has 0 bridgehead atoms. The molecule has 1 heterocycles. The molecule has 0 amide bonds. The van der Waals surface area contributed by atoms with Gasteiger partial charge in [-0.2, -0.15) is 0 Å². The average Bonchev–Trinajstić information content (AvgIpc) is 2.59. The molecule has 4 rings (SSSR count). The van der Waals surface area contributed by atoms with Crippen molar-refractivity contribution in [3.05, 3.63) is 94.5 Å². The van der Waals surface area contributed by atoms with Crippen LogP contribution in [0.2, 0.25) is 0 Å². The van der Waals surface area contributed by atoms with Gasteiger partial charge in [0.15, 0.2) is 0 Å². The minimum atomic E-state index is -0.392. The zero-order chi connectivity index (χ0) is 15.8. The van der Waals surface area contributed by atoms with Crippen molar-refractivity contribution >= 4 is 21.7 Å². The Morgan fingerprint density at radius 1 is 0.783 bits per heavy atom. The quantitative estimate of drug-likeness (QED) is 0.505. The highest BCUT2D eigenvalue weighted by Crippen LogP contribution is 2.23. The summed E-state index contributed by atoms with van der Waals surface area (Å²) < 4.78 is 15.3. The predicted octanol–water partition coefficient (Wildman–Crippen LogP) is 4.34. The summed E-state index contributed by atoms with van der Waals surface area (Å²) in [5.41, 5.74) is 1.73. The fraction of sp³-hybridized carbons (Fsp3) is 0.0500. The van der Waals surface area contributed by atoms with E-state index in [4.69, 9.17) is 0 Å². The summed E-state index contributed by atoms with van der Waals surface area (Å²) in [6.07, 6.45) is 0. The van der Waals surface area contributed by atoms with Crippen LogP contribution >= 0.6 is 0 Å². The van der Waals surface area contributed by atoms with Crippen LogP contribution in [0.4, 0.5) is 4.39 Å². The number of para-hydroxylation sites is 1. The van der Waals surface area contributed by atoms with Crippen LogP contribution in [0.1, 0.15) is 5.56 Å². The van der Waals surface area contributed by atoms with Crippen molar-refractivity contribution in [3.8, 4) is 0 Å². The van der Waals surface area contributed by atoms with Crippen molar-refractivity contribution in [2.45, 2.75) is 6.54 Å². The molecule has 0 saturated carbocycles. The summed E-state index contributed by atoms with van der Waals surface area (Å²) in [4.78, 5) is 12.9. The van der Waals surface area contributed by atoms with Gasteiger partial charge in [-0.05, 0) is 29.1 Å². The number of pyridine rings is 1.